The van der Waals surface area contributed by atoms with Gasteiger partial charge >= 0.3 is 6.03 Å². The molecule has 1 aliphatic rings. The first kappa shape index (κ1) is 16.9. The van der Waals surface area contributed by atoms with Gasteiger partial charge in [0.2, 0.25) is 0 Å². The van der Waals surface area contributed by atoms with Crippen LogP contribution in [0.4, 0.5) is 10.5 Å². The quantitative estimate of drug-likeness (QED) is 0.844. The molecule has 5 nitrogen and oxygen atoms in total. The first-order chi connectivity index (χ1) is 12.2. The summed E-state index contributed by atoms with van der Waals surface area (Å²) in [5.74, 6) is 3.05. The number of hydrogen-bond donors (Lipinski definition) is 2. The number of carbonyl (C=O) groups excluding carboxylic acids is 1. The molecule has 2 amide bonds. The molecule has 5 heteroatoms. The standard InChI is InChI=1S/C20H20N2O3/c1-2-13-25-17-9-7-16(8-10-17)21-20(24)22-12-11-15-5-3-4-6-18(15)19(22)14-23/h1,3-10,19,23H,11-14H2,(H,21,24). The lowest BCUT2D eigenvalue weighted by Crippen LogP contribution is -2.43. The molecule has 2 aromatic rings. The summed E-state index contributed by atoms with van der Waals surface area (Å²) in [5, 5.41) is 12.7. The molecule has 0 spiro atoms. The molecule has 2 N–H and O–H groups in total. The van der Waals surface area contributed by atoms with Gasteiger partial charge in [-0.05, 0) is 41.8 Å². The number of nitrogens with one attached hydrogen (secondary N) is 1. The summed E-state index contributed by atoms with van der Waals surface area (Å²) in [6.45, 7) is 0.664. The Morgan fingerprint density at radius 3 is 2.76 bits per heavy atom. The Morgan fingerprint density at radius 2 is 2.04 bits per heavy atom. The Balaban J connectivity index is 1.70. The van der Waals surface area contributed by atoms with Crippen LogP contribution in [-0.4, -0.2) is 35.8 Å². The van der Waals surface area contributed by atoms with E-state index < -0.39 is 0 Å². The fourth-order valence-corrected chi connectivity index (χ4v) is 3.05. The second-order valence-corrected chi connectivity index (χ2v) is 5.79. The number of anilines is 1. The fourth-order valence-electron chi connectivity index (χ4n) is 3.05. The molecule has 0 aromatic heterocycles. The molecular weight excluding hydrogens is 316 g/mol. The number of benzene rings is 2. The smallest absolute Gasteiger partial charge is 0.322 e. The van der Waals surface area contributed by atoms with Crippen molar-refractivity contribution in [1.82, 2.24) is 4.90 Å². The van der Waals surface area contributed by atoms with Gasteiger partial charge in [0.25, 0.3) is 0 Å². The van der Waals surface area contributed by atoms with E-state index in [0.717, 1.165) is 12.0 Å². The van der Waals surface area contributed by atoms with E-state index in [2.05, 4.69) is 11.2 Å². The Morgan fingerprint density at radius 1 is 1.28 bits per heavy atom. The molecule has 1 unspecified atom stereocenters. The molecule has 0 aliphatic carbocycles. The molecule has 0 saturated carbocycles. The largest absolute Gasteiger partial charge is 0.481 e. The van der Waals surface area contributed by atoms with Crippen LogP contribution in [0.15, 0.2) is 48.5 Å². The van der Waals surface area contributed by atoms with Crippen LogP contribution in [0.25, 0.3) is 0 Å². The van der Waals surface area contributed by atoms with E-state index in [1.807, 2.05) is 24.3 Å². The summed E-state index contributed by atoms with van der Waals surface area (Å²) in [6, 6.07) is 14.4. The zero-order valence-corrected chi connectivity index (χ0v) is 13.8. The van der Waals surface area contributed by atoms with Gasteiger partial charge in [-0.15, -0.1) is 6.42 Å². The summed E-state index contributed by atoms with van der Waals surface area (Å²) < 4.78 is 5.31. The zero-order chi connectivity index (χ0) is 17.6. The average Bonchev–Trinajstić information content (AvgIpc) is 2.66. The molecule has 0 radical (unpaired) electrons. The van der Waals surface area contributed by atoms with Crippen LogP contribution >= 0.6 is 0 Å². The summed E-state index contributed by atoms with van der Waals surface area (Å²) in [5.41, 5.74) is 2.85. The van der Waals surface area contributed by atoms with Gasteiger partial charge in [-0.2, -0.15) is 0 Å². The topological polar surface area (TPSA) is 61.8 Å². The molecular formula is C20H20N2O3. The first-order valence-corrected chi connectivity index (χ1v) is 8.15. The molecule has 1 aliphatic heterocycles. The minimum absolute atomic E-state index is 0.108. The minimum atomic E-state index is -0.330. The number of nitrogens with zero attached hydrogens (tertiary/aromatic N) is 1. The second-order valence-electron chi connectivity index (χ2n) is 5.79. The third-order valence-corrected chi connectivity index (χ3v) is 4.27. The molecule has 0 saturated heterocycles. The number of amides is 2. The highest BCUT2D eigenvalue weighted by molar-refractivity contribution is 5.90. The lowest BCUT2D eigenvalue weighted by Gasteiger charge is -2.36. The van der Waals surface area contributed by atoms with Crippen LogP contribution in [0.1, 0.15) is 17.2 Å². The maximum absolute atomic E-state index is 12.6. The minimum Gasteiger partial charge on any atom is -0.481 e. The van der Waals surface area contributed by atoms with Gasteiger partial charge in [0.1, 0.15) is 12.4 Å². The number of rotatable bonds is 4. The fraction of sp³-hybridized carbons (Fsp3) is 0.250. The number of carbonyl (C=O) groups is 1. The van der Waals surface area contributed by atoms with Gasteiger partial charge in [0, 0.05) is 12.2 Å². The maximum Gasteiger partial charge on any atom is 0.322 e. The van der Waals surface area contributed by atoms with Crippen molar-refractivity contribution in [2.24, 2.45) is 0 Å². The van der Waals surface area contributed by atoms with E-state index in [-0.39, 0.29) is 25.3 Å². The van der Waals surface area contributed by atoms with Crippen molar-refractivity contribution in [2.45, 2.75) is 12.5 Å². The number of urea groups is 1. The summed E-state index contributed by atoms with van der Waals surface area (Å²) >= 11 is 0. The molecule has 25 heavy (non-hydrogen) atoms. The van der Waals surface area contributed by atoms with Crippen LogP contribution in [0, 0.1) is 12.3 Å². The molecule has 1 atom stereocenters. The van der Waals surface area contributed by atoms with Crippen molar-refractivity contribution >= 4 is 11.7 Å². The number of ether oxygens (including phenoxy) is 1. The number of aliphatic hydroxyl groups is 1. The summed E-state index contributed by atoms with van der Waals surface area (Å²) in [7, 11) is 0. The van der Waals surface area contributed by atoms with Crippen molar-refractivity contribution in [3.63, 3.8) is 0 Å². The van der Waals surface area contributed by atoms with Gasteiger partial charge in [-0.25, -0.2) is 4.79 Å². The van der Waals surface area contributed by atoms with Crippen LogP contribution in [0.3, 0.4) is 0 Å². The van der Waals surface area contributed by atoms with E-state index in [1.54, 1.807) is 29.2 Å². The molecule has 0 fully saturated rings. The van der Waals surface area contributed by atoms with Crippen LogP contribution < -0.4 is 10.1 Å². The second kappa shape index (κ2) is 7.73. The van der Waals surface area contributed by atoms with Gasteiger partial charge < -0.3 is 20.1 Å². The van der Waals surface area contributed by atoms with E-state index in [9.17, 15) is 9.90 Å². The van der Waals surface area contributed by atoms with Crippen molar-refractivity contribution in [3.05, 3.63) is 59.7 Å². The van der Waals surface area contributed by atoms with Crippen LogP contribution in [0.2, 0.25) is 0 Å². The third-order valence-electron chi connectivity index (χ3n) is 4.27. The SMILES string of the molecule is C#CCOc1ccc(NC(=O)N2CCc3ccccc3C2CO)cc1. The molecule has 0 bridgehead atoms. The third kappa shape index (κ3) is 3.76. The predicted octanol–water partition coefficient (Wildman–Crippen LogP) is 2.82. The van der Waals surface area contributed by atoms with Crippen molar-refractivity contribution in [2.75, 3.05) is 25.1 Å². The number of hydrogen-bond acceptors (Lipinski definition) is 3. The maximum atomic E-state index is 12.6. The monoisotopic (exact) mass is 336 g/mol. The number of fused-ring (bicyclic) bond motifs is 1. The van der Waals surface area contributed by atoms with Gasteiger partial charge in [0.15, 0.2) is 0 Å². The molecule has 2 aromatic carbocycles. The first-order valence-electron chi connectivity index (χ1n) is 8.15. The number of terminal acetylenes is 1. The van der Waals surface area contributed by atoms with Gasteiger partial charge in [-0.3, -0.25) is 0 Å². The highest BCUT2D eigenvalue weighted by Gasteiger charge is 2.30. The predicted molar refractivity (Wildman–Crippen MR) is 96.5 cm³/mol. The van der Waals surface area contributed by atoms with E-state index >= 15 is 0 Å². The average molecular weight is 336 g/mol. The van der Waals surface area contributed by atoms with Crippen molar-refractivity contribution < 1.29 is 14.6 Å². The highest BCUT2D eigenvalue weighted by atomic mass is 16.5. The van der Waals surface area contributed by atoms with Gasteiger partial charge in [0.05, 0.1) is 12.6 Å². The molecule has 1 heterocycles. The van der Waals surface area contributed by atoms with Gasteiger partial charge in [-0.1, -0.05) is 30.2 Å². The normalized spacial score (nSPS) is 15.8. The lowest BCUT2D eigenvalue weighted by molar-refractivity contribution is 0.135. The zero-order valence-electron chi connectivity index (χ0n) is 13.8. The van der Waals surface area contributed by atoms with E-state index in [4.69, 9.17) is 11.2 Å². The van der Waals surface area contributed by atoms with Crippen molar-refractivity contribution in [3.8, 4) is 18.1 Å². The molecule has 128 valence electrons. The van der Waals surface area contributed by atoms with Crippen LogP contribution in [-0.2, 0) is 6.42 Å². The number of aliphatic hydroxyl groups excluding tert-OH is 1. The van der Waals surface area contributed by atoms with E-state index in [1.165, 1.54) is 5.56 Å². The Labute approximate surface area is 147 Å². The Kier molecular flexibility index (Phi) is 5.22. The van der Waals surface area contributed by atoms with Crippen LogP contribution in [0.5, 0.6) is 5.75 Å². The Bertz CT molecular complexity index is 780. The Hall–Kier alpha value is -2.97. The lowest BCUT2D eigenvalue weighted by atomic mass is 9.93. The highest BCUT2D eigenvalue weighted by Crippen LogP contribution is 2.30. The van der Waals surface area contributed by atoms with E-state index in [0.29, 0.717) is 18.0 Å². The summed E-state index contributed by atoms with van der Waals surface area (Å²) in [4.78, 5) is 14.3. The van der Waals surface area contributed by atoms with Crippen molar-refractivity contribution in [1.29, 1.82) is 0 Å². The summed E-state index contributed by atoms with van der Waals surface area (Å²) in [6.07, 6.45) is 5.93. The molecule has 3 rings (SSSR count).